The number of nitrogens with one attached hydrogen (secondary N) is 1. The summed E-state index contributed by atoms with van der Waals surface area (Å²) < 4.78 is 13.4. The fraction of sp³-hybridized carbons (Fsp3) is 0.188. The van der Waals surface area contributed by atoms with E-state index in [0.717, 1.165) is 24.2 Å². The van der Waals surface area contributed by atoms with Crippen molar-refractivity contribution in [1.29, 1.82) is 5.26 Å². The normalized spacial score (nSPS) is 10.2. The van der Waals surface area contributed by atoms with Gasteiger partial charge >= 0.3 is 0 Å². The Hall–Kier alpha value is -2.18. The van der Waals surface area contributed by atoms with Crippen LogP contribution in [0, 0.1) is 17.1 Å². The summed E-state index contributed by atoms with van der Waals surface area (Å²) in [5.74, 6) is -0.384. The molecule has 0 aromatic heterocycles. The second-order valence-corrected chi connectivity index (χ2v) is 4.32. The Morgan fingerprint density at radius 1 is 1.11 bits per heavy atom. The molecule has 2 aromatic carbocycles. The van der Waals surface area contributed by atoms with E-state index in [9.17, 15) is 4.39 Å². The first-order chi connectivity index (χ1) is 9.22. The van der Waals surface area contributed by atoms with Gasteiger partial charge in [-0.15, -0.1) is 0 Å². The van der Waals surface area contributed by atoms with E-state index >= 15 is 0 Å². The van der Waals surface area contributed by atoms with Crippen molar-refractivity contribution in [3.05, 3.63) is 59.4 Å². The van der Waals surface area contributed by atoms with Crippen LogP contribution >= 0.6 is 0 Å². The van der Waals surface area contributed by atoms with Crippen molar-refractivity contribution in [2.24, 2.45) is 0 Å². The highest BCUT2D eigenvalue weighted by molar-refractivity contribution is 5.65. The average molecular weight is 254 g/mol. The Morgan fingerprint density at radius 3 is 2.47 bits per heavy atom. The Kier molecular flexibility index (Phi) is 4.27. The maximum Gasteiger partial charge on any atom is 0.125 e. The summed E-state index contributed by atoms with van der Waals surface area (Å²) >= 11 is 0. The van der Waals surface area contributed by atoms with Crippen LogP contribution in [0.1, 0.15) is 18.1 Å². The first-order valence-corrected chi connectivity index (χ1v) is 6.23. The largest absolute Gasteiger partial charge is 0.313 e. The Bertz CT molecular complexity index is 597. The molecule has 0 heterocycles. The molecule has 2 nitrogen and oxygen atoms in total. The zero-order chi connectivity index (χ0) is 13.7. The Labute approximate surface area is 112 Å². The van der Waals surface area contributed by atoms with Gasteiger partial charge in [0.1, 0.15) is 5.82 Å². The molecule has 0 aliphatic heterocycles. The van der Waals surface area contributed by atoms with E-state index in [-0.39, 0.29) is 5.82 Å². The highest BCUT2D eigenvalue weighted by atomic mass is 19.1. The molecule has 0 unspecified atom stereocenters. The topological polar surface area (TPSA) is 35.8 Å². The van der Waals surface area contributed by atoms with Gasteiger partial charge in [0, 0.05) is 6.54 Å². The molecule has 19 heavy (non-hydrogen) atoms. The number of halogens is 1. The van der Waals surface area contributed by atoms with Crippen LogP contribution in [0.25, 0.3) is 11.1 Å². The van der Waals surface area contributed by atoms with Crippen molar-refractivity contribution in [2.75, 3.05) is 6.54 Å². The molecule has 0 aliphatic carbocycles. The van der Waals surface area contributed by atoms with Crippen molar-refractivity contribution >= 4 is 0 Å². The number of nitrogens with zero attached hydrogens (tertiary/aromatic N) is 1. The summed E-state index contributed by atoms with van der Waals surface area (Å²) in [5.41, 5.74) is 3.16. The van der Waals surface area contributed by atoms with Crippen LogP contribution in [0.3, 0.4) is 0 Å². The molecule has 2 aromatic rings. The molecule has 96 valence electrons. The van der Waals surface area contributed by atoms with Gasteiger partial charge in [0.15, 0.2) is 0 Å². The minimum atomic E-state index is -0.384. The van der Waals surface area contributed by atoms with E-state index in [0.29, 0.717) is 5.56 Å². The van der Waals surface area contributed by atoms with Gasteiger partial charge in [-0.25, -0.2) is 4.39 Å². The molecule has 0 bridgehead atoms. The molecular weight excluding hydrogens is 239 g/mol. The highest BCUT2D eigenvalue weighted by Crippen LogP contribution is 2.22. The summed E-state index contributed by atoms with van der Waals surface area (Å²) in [5, 5.41) is 12.1. The van der Waals surface area contributed by atoms with E-state index < -0.39 is 0 Å². The van der Waals surface area contributed by atoms with Crippen LogP contribution in [-0.2, 0) is 6.54 Å². The summed E-state index contributed by atoms with van der Waals surface area (Å²) in [6.07, 6.45) is 0. The van der Waals surface area contributed by atoms with Gasteiger partial charge in [-0.3, -0.25) is 0 Å². The van der Waals surface area contributed by atoms with Gasteiger partial charge in [-0.1, -0.05) is 31.2 Å². The number of rotatable bonds is 4. The lowest BCUT2D eigenvalue weighted by Gasteiger charge is -2.06. The molecule has 0 aliphatic rings. The predicted molar refractivity (Wildman–Crippen MR) is 73.9 cm³/mol. The van der Waals surface area contributed by atoms with Crippen molar-refractivity contribution in [1.82, 2.24) is 5.32 Å². The van der Waals surface area contributed by atoms with E-state index in [1.807, 2.05) is 30.3 Å². The van der Waals surface area contributed by atoms with Crippen LogP contribution in [-0.4, -0.2) is 6.54 Å². The lowest BCUT2D eigenvalue weighted by atomic mass is 10.0. The first kappa shape index (κ1) is 13.3. The van der Waals surface area contributed by atoms with Gasteiger partial charge in [0.25, 0.3) is 0 Å². The first-order valence-electron chi connectivity index (χ1n) is 6.23. The zero-order valence-electron chi connectivity index (χ0n) is 10.8. The number of nitriles is 1. The van der Waals surface area contributed by atoms with Crippen LogP contribution in [0.5, 0.6) is 0 Å². The van der Waals surface area contributed by atoms with Crippen LogP contribution in [0.15, 0.2) is 42.5 Å². The van der Waals surface area contributed by atoms with E-state index in [1.54, 1.807) is 6.07 Å². The van der Waals surface area contributed by atoms with Crippen LogP contribution in [0.2, 0.25) is 0 Å². The minimum absolute atomic E-state index is 0.340. The van der Waals surface area contributed by atoms with Crippen molar-refractivity contribution < 1.29 is 4.39 Å². The molecule has 0 spiro atoms. The summed E-state index contributed by atoms with van der Waals surface area (Å²) in [6, 6.07) is 14.3. The predicted octanol–water partition coefficient (Wildman–Crippen LogP) is 3.47. The van der Waals surface area contributed by atoms with Gasteiger partial charge in [-0.05, 0) is 41.4 Å². The molecular formula is C16H15FN2. The molecule has 0 amide bonds. The van der Waals surface area contributed by atoms with Gasteiger partial charge in [-0.2, -0.15) is 5.26 Å². The van der Waals surface area contributed by atoms with Crippen molar-refractivity contribution in [2.45, 2.75) is 13.5 Å². The van der Waals surface area contributed by atoms with E-state index in [4.69, 9.17) is 5.26 Å². The fourth-order valence-electron chi connectivity index (χ4n) is 1.91. The van der Waals surface area contributed by atoms with Crippen LogP contribution in [0.4, 0.5) is 4.39 Å². The molecule has 0 atom stereocenters. The maximum atomic E-state index is 13.4. The second kappa shape index (κ2) is 6.12. The molecule has 0 radical (unpaired) electrons. The third-order valence-corrected chi connectivity index (χ3v) is 2.89. The molecule has 2 rings (SSSR count). The molecule has 0 saturated heterocycles. The summed E-state index contributed by atoms with van der Waals surface area (Å²) in [7, 11) is 0. The van der Waals surface area contributed by atoms with Crippen molar-refractivity contribution in [3.8, 4) is 17.2 Å². The van der Waals surface area contributed by atoms with Crippen LogP contribution < -0.4 is 5.32 Å². The lowest BCUT2D eigenvalue weighted by Crippen LogP contribution is -2.11. The third-order valence-electron chi connectivity index (χ3n) is 2.89. The van der Waals surface area contributed by atoms with Crippen molar-refractivity contribution in [3.63, 3.8) is 0 Å². The van der Waals surface area contributed by atoms with E-state index in [2.05, 4.69) is 12.2 Å². The van der Waals surface area contributed by atoms with Gasteiger partial charge < -0.3 is 5.32 Å². The highest BCUT2D eigenvalue weighted by Gasteiger charge is 2.03. The number of benzene rings is 2. The van der Waals surface area contributed by atoms with E-state index in [1.165, 1.54) is 17.7 Å². The Balaban J connectivity index is 2.27. The zero-order valence-corrected chi connectivity index (χ0v) is 10.8. The smallest absolute Gasteiger partial charge is 0.125 e. The standard InChI is InChI=1S/C16H15FN2/c1-2-19-11-12-3-5-14(6-4-12)15-7-13(10-18)8-16(17)9-15/h3-9,19H,2,11H2,1H3. The summed E-state index contributed by atoms with van der Waals surface area (Å²) in [4.78, 5) is 0. The lowest BCUT2D eigenvalue weighted by molar-refractivity contribution is 0.628. The monoisotopic (exact) mass is 254 g/mol. The van der Waals surface area contributed by atoms with Gasteiger partial charge in [0.05, 0.1) is 11.6 Å². The quantitative estimate of drug-likeness (QED) is 0.906. The SMILES string of the molecule is CCNCc1ccc(-c2cc(F)cc(C#N)c2)cc1. The second-order valence-electron chi connectivity index (χ2n) is 4.32. The minimum Gasteiger partial charge on any atom is -0.313 e. The third kappa shape index (κ3) is 3.40. The van der Waals surface area contributed by atoms with Gasteiger partial charge in [0.2, 0.25) is 0 Å². The maximum absolute atomic E-state index is 13.4. The summed E-state index contributed by atoms with van der Waals surface area (Å²) in [6.45, 7) is 3.81. The molecule has 0 fully saturated rings. The molecule has 3 heteroatoms. The Morgan fingerprint density at radius 2 is 1.84 bits per heavy atom. The average Bonchev–Trinajstić information content (AvgIpc) is 2.45. The molecule has 0 saturated carbocycles. The fourth-order valence-corrected chi connectivity index (χ4v) is 1.91. The number of hydrogen-bond acceptors (Lipinski definition) is 2. The number of hydrogen-bond donors (Lipinski definition) is 1. The molecule has 1 N–H and O–H groups in total.